The first kappa shape index (κ1) is 8.62. The second-order valence-electron chi connectivity index (χ2n) is 1.93. The Morgan fingerprint density at radius 2 is 2.17 bits per heavy atom. The van der Waals surface area contributed by atoms with Gasteiger partial charge in [0, 0.05) is 6.20 Å². The van der Waals surface area contributed by atoms with Gasteiger partial charge in [-0.25, -0.2) is 4.98 Å². The van der Waals surface area contributed by atoms with Crippen molar-refractivity contribution in [2.75, 3.05) is 0 Å². The van der Waals surface area contributed by atoms with Crippen LogP contribution in [0.25, 0.3) is 0 Å². The Kier molecular flexibility index (Phi) is 2.06. The third-order valence-corrected chi connectivity index (χ3v) is 1.94. The summed E-state index contributed by atoms with van der Waals surface area (Å²) in [5, 5.41) is 8.28. The van der Waals surface area contributed by atoms with Crippen LogP contribution in [0.1, 0.15) is 5.69 Å². The molecule has 12 heavy (non-hydrogen) atoms. The van der Waals surface area contributed by atoms with E-state index in [1.807, 2.05) is 0 Å². The first-order valence-electron chi connectivity index (χ1n) is 2.85. The van der Waals surface area contributed by atoms with Crippen molar-refractivity contribution >= 4 is 10.2 Å². The van der Waals surface area contributed by atoms with Gasteiger partial charge >= 0.3 is 10.2 Å². The van der Waals surface area contributed by atoms with Gasteiger partial charge in [0.1, 0.15) is 16.7 Å². The van der Waals surface area contributed by atoms with Gasteiger partial charge in [-0.05, 0) is 12.1 Å². The van der Waals surface area contributed by atoms with Crippen molar-refractivity contribution in [2.24, 2.45) is 0 Å². The summed E-state index contributed by atoms with van der Waals surface area (Å²) in [5.41, 5.74) is 0.0439. The first-order valence-corrected chi connectivity index (χ1v) is 4.23. The average molecular weight is 186 g/mol. The van der Waals surface area contributed by atoms with Crippen molar-refractivity contribution in [1.82, 2.24) is 4.98 Å². The van der Waals surface area contributed by atoms with E-state index in [0.29, 0.717) is 0 Å². The van der Waals surface area contributed by atoms with E-state index in [-0.39, 0.29) is 5.69 Å². The number of pyridine rings is 1. The van der Waals surface area contributed by atoms with Gasteiger partial charge in [-0.3, -0.25) is 0 Å². The van der Waals surface area contributed by atoms with E-state index in [9.17, 15) is 12.3 Å². The third-order valence-electron chi connectivity index (χ3n) is 1.13. The molecule has 0 atom stereocenters. The number of nitriles is 1. The van der Waals surface area contributed by atoms with E-state index in [1.54, 1.807) is 6.07 Å². The molecule has 0 fully saturated rings. The highest BCUT2D eigenvalue weighted by Gasteiger charge is 2.11. The molecule has 0 spiro atoms. The molecule has 0 saturated heterocycles. The van der Waals surface area contributed by atoms with Crippen molar-refractivity contribution in [3.63, 3.8) is 0 Å². The van der Waals surface area contributed by atoms with Gasteiger partial charge in [-0.1, -0.05) is 0 Å². The van der Waals surface area contributed by atoms with Crippen molar-refractivity contribution in [1.29, 1.82) is 5.26 Å². The standard InChI is InChI=1S/C6H3FN2O2S/c7-12(10,11)6-2-1-5(3-8)9-4-6/h1-2,4H. The molecule has 62 valence electrons. The summed E-state index contributed by atoms with van der Waals surface area (Å²) in [4.78, 5) is 2.84. The minimum atomic E-state index is -4.70. The highest BCUT2D eigenvalue weighted by molar-refractivity contribution is 7.86. The van der Waals surface area contributed by atoms with Crippen LogP contribution < -0.4 is 0 Å². The number of nitrogens with zero attached hydrogens (tertiary/aromatic N) is 2. The zero-order valence-corrected chi connectivity index (χ0v) is 6.55. The molecular formula is C6H3FN2O2S. The van der Waals surface area contributed by atoms with E-state index in [2.05, 4.69) is 4.98 Å². The van der Waals surface area contributed by atoms with Gasteiger partial charge in [0.15, 0.2) is 0 Å². The normalized spacial score (nSPS) is 10.7. The van der Waals surface area contributed by atoms with Crippen LogP contribution in [0, 0.1) is 11.3 Å². The monoisotopic (exact) mass is 186 g/mol. The highest BCUT2D eigenvalue weighted by atomic mass is 32.3. The van der Waals surface area contributed by atoms with E-state index >= 15 is 0 Å². The van der Waals surface area contributed by atoms with E-state index in [0.717, 1.165) is 18.3 Å². The summed E-state index contributed by atoms with van der Waals surface area (Å²) in [6.07, 6.45) is 0.799. The SMILES string of the molecule is N#Cc1ccc(S(=O)(=O)F)cn1. The van der Waals surface area contributed by atoms with Crippen molar-refractivity contribution in [3.8, 4) is 6.07 Å². The molecule has 0 unspecified atom stereocenters. The fourth-order valence-electron chi connectivity index (χ4n) is 0.591. The zero-order chi connectivity index (χ0) is 9.19. The summed E-state index contributed by atoms with van der Waals surface area (Å²) in [6, 6.07) is 3.80. The van der Waals surface area contributed by atoms with E-state index in [4.69, 9.17) is 5.26 Å². The molecule has 0 bridgehead atoms. The largest absolute Gasteiger partial charge is 0.333 e. The molecule has 0 aliphatic carbocycles. The summed E-state index contributed by atoms with van der Waals surface area (Å²) in [6.45, 7) is 0. The average Bonchev–Trinajstić information content (AvgIpc) is 2.03. The molecule has 0 N–H and O–H groups in total. The van der Waals surface area contributed by atoms with Crippen molar-refractivity contribution in [3.05, 3.63) is 24.0 Å². The van der Waals surface area contributed by atoms with E-state index < -0.39 is 15.1 Å². The summed E-state index contributed by atoms with van der Waals surface area (Å²) in [5.74, 6) is 0. The minimum Gasteiger partial charge on any atom is -0.244 e. The topological polar surface area (TPSA) is 70.8 Å². The molecule has 1 heterocycles. The molecule has 0 amide bonds. The molecule has 4 nitrogen and oxygen atoms in total. The van der Waals surface area contributed by atoms with Gasteiger partial charge < -0.3 is 0 Å². The van der Waals surface area contributed by atoms with Gasteiger partial charge in [0.2, 0.25) is 0 Å². The Bertz CT molecular complexity index is 418. The van der Waals surface area contributed by atoms with Crippen LogP contribution in [0.15, 0.2) is 23.2 Å². The second kappa shape index (κ2) is 2.87. The Morgan fingerprint density at radius 1 is 1.50 bits per heavy atom. The first-order chi connectivity index (χ1) is 5.54. The van der Waals surface area contributed by atoms with Crippen LogP contribution in [0.2, 0.25) is 0 Å². The van der Waals surface area contributed by atoms with Gasteiger partial charge in [0.05, 0.1) is 0 Å². The molecule has 0 aliphatic heterocycles. The van der Waals surface area contributed by atoms with Crippen molar-refractivity contribution in [2.45, 2.75) is 4.90 Å². The molecule has 0 radical (unpaired) electrons. The van der Waals surface area contributed by atoms with Gasteiger partial charge in [0.25, 0.3) is 0 Å². The number of halogens is 1. The number of rotatable bonds is 1. The van der Waals surface area contributed by atoms with Crippen molar-refractivity contribution < 1.29 is 12.3 Å². The van der Waals surface area contributed by atoms with Crippen LogP contribution in [0.4, 0.5) is 3.89 Å². The summed E-state index contributed by atoms with van der Waals surface area (Å²) in [7, 11) is -4.70. The lowest BCUT2D eigenvalue weighted by atomic mass is 10.4. The summed E-state index contributed by atoms with van der Waals surface area (Å²) >= 11 is 0. The van der Waals surface area contributed by atoms with Crippen LogP contribution in [-0.2, 0) is 10.2 Å². The Hall–Kier alpha value is -1.48. The van der Waals surface area contributed by atoms with Gasteiger partial charge in [-0.15, -0.1) is 3.89 Å². The maximum absolute atomic E-state index is 12.2. The van der Waals surface area contributed by atoms with Crippen LogP contribution in [0.3, 0.4) is 0 Å². The van der Waals surface area contributed by atoms with Gasteiger partial charge in [-0.2, -0.15) is 13.7 Å². The molecule has 1 aromatic rings. The Labute approximate surface area is 68.5 Å². The number of hydrogen-bond donors (Lipinski definition) is 0. The number of aromatic nitrogens is 1. The smallest absolute Gasteiger partial charge is 0.244 e. The zero-order valence-electron chi connectivity index (χ0n) is 5.73. The molecule has 0 saturated carbocycles. The van der Waals surface area contributed by atoms with Crippen LogP contribution in [-0.4, -0.2) is 13.4 Å². The molecule has 0 aromatic carbocycles. The second-order valence-corrected chi connectivity index (χ2v) is 3.28. The lowest BCUT2D eigenvalue weighted by molar-refractivity contribution is 0.551. The van der Waals surface area contributed by atoms with Crippen LogP contribution in [0.5, 0.6) is 0 Å². The maximum Gasteiger partial charge on any atom is 0.333 e. The highest BCUT2D eigenvalue weighted by Crippen LogP contribution is 2.09. The molecule has 6 heteroatoms. The quantitative estimate of drug-likeness (QED) is 0.602. The molecule has 1 aromatic heterocycles. The Morgan fingerprint density at radius 3 is 2.50 bits per heavy atom. The fraction of sp³-hybridized carbons (Fsp3) is 0. The maximum atomic E-state index is 12.2. The molecular weight excluding hydrogens is 183 g/mol. The minimum absolute atomic E-state index is 0.0439. The predicted octanol–water partition coefficient (Wildman–Crippen LogP) is 0.611. The lowest BCUT2D eigenvalue weighted by Gasteiger charge is -1.91. The third kappa shape index (κ3) is 1.77. The molecule has 0 aliphatic rings. The Balaban J connectivity index is 3.20. The van der Waals surface area contributed by atoms with E-state index in [1.165, 1.54) is 0 Å². The lowest BCUT2D eigenvalue weighted by Crippen LogP contribution is -1.93. The number of hydrogen-bond acceptors (Lipinski definition) is 4. The summed E-state index contributed by atoms with van der Waals surface area (Å²) < 4.78 is 32.7. The van der Waals surface area contributed by atoms with Crippen LogP contribution >= 0.6 is 0 Å². The fourth-order valence-corrected chi connectivity index (χ4v) is 1.000. The predicted molar refractivity (Wildman–Crippen MR) is 37.2 cm³/mol. The molecule has 1 rings (SSSR count).